The molecule has 0 aliphatic carbocycles. The van der Waals surface area contributed by atoms with Crippen molar-refractivity contribution in [1.82, 2.24) is 10.2 Å². The minimum Gasteiger partial charge on any atom is -0.350 e. The number of halogens is 1. The van der Waals surface area contributed by atoms with Crippen LogP contribution in [-0.2, 0) is 39.0 Å². The highest BCUT2D eigenvalue weighted by Gasteiger charge is 2.34. The highest BCUT2D eigenvalue weighted by molar-refractivity contribution is 7.92. The third-order valence-corrected chi connectivity index (χ3v) is 7.88. The van der Waals surface area contributed by atoms with Crippen molar-refractivity contribution in [3.05, 3.63) is 101 Å². The molecule has 1 atom stereocenters. The number of aryl methyl sites for hydroxylation is 1. The average molecular weight is 584 g/mol. The van der Waals surface area contributed by atoms with Crippen LogP contribution in [0.5, 0.6) is 0 Å². The minimum absolute atomic E-state index is 0.0284. The van der Waals surface area contributed by atoms with Crippen molar-refractivity contribution in [3.63, 3.8) is 0 Å². The van der Waals surface area contributed by atoms with E-state index in [4.69, 9.17) is 11.6 Å². The number of rotatable bonds is 11. The zero-order valence-electron chi connectivity index (χ0n) is 23.7. The Morgan fingerprint density at radius 2 is 1.48 bits per heavy atom. The molecule has 7 nitrogen and oxygen atoms in total. The Balaban J connectivity index is 2.11. The van der Waals surface area contributed by atoms with Crippen LogP contribution in [0.2, 0.25) is 5.02 Å². The fourth-order valence-corrected chi connectivity index (χ4v) is 5.54. The van der Waals surface area contributed by atoms with Gasteiger partial charge in [0, 0.05) is 23.5 Å². The van der Waals surface area contributed by atoms with Crippen molar-refractivity contribution in [1.29, 1.82) is 0 Å². The van der Waals surface area contributed by atoms with Gasteiger partial charge < -0.3 is 10.2 Å². The number of anilines is 1. The fraction of sp³-hybridized carbons (Fsp3) is 0.355. The van der Waals surface area contributed by atoms with Crippen molar-refractivity contribution in [2.75, 3.05) is 17.1 Å². The molecule has 0 aliphatic heterocycles. The van der Waals surface area contributed by atoms with Crippen LogP contribution in [0.1, 0.15) is 44.4 Å². The van der Waals surface area contributed by atoms with Crippen LogP contribution in [-0.4, -0.2) is 49.5 Å². The van der Waals surface area contributed by atoms with Gasteiger partial charge in [-0.05, 0) is 56.0 Å². The summed E-state index contributed by atoms with van der Waals surface area (Å²) in [5, 5.41) is 3.46. The van der Waals surface area contributed by atoms with E-state index in [0.717, 1.165) is 21.7 Å². The lowest BCUT2D eigenvalue weighted by Crippen LogP contribution is -2.56. The Kier molecular flexibility index (Phi) is 10.4. The Labute approximate surface area is 243 Å². The molecule has 0 fully saturated rings. The van der Waals surface area contributed by atoms with Crippen LogP contribution in [0.25, 0.3) is 0 Å². The van der Waals surface area contributed by atoms with Crippen LogP contribution in [0.15, 0.2) is 78.9 Å². The lowest BCUT2D eigenvalue weighted by Gasteiger charge is -2.35. The van der Waals surface area contributed by atoms with E-state index < -0.39 is 34.1 Å². The molecule has 1 N–H and O–H groups in total. The maximum Gasteiger partial charge on any atom is 0.244 e. The third-order valence-electron chi connectivity index (χ3n) is 6.39. The monoisotopic (exact) mass is 583 g/mol. The summed E-state index contributed by atoms with van der Waals surface area (Å²) in [6.45, 7) is 7.11. The number of hydrogen-bond acceptors (Lipinski definition) is 4. The minimum atomic E-state index is -3.83. The van der Waals surface area contributed by atoms with E-state index in [1.165, 1.54) is 4.90 Å². The molecule has 214 valence electrons. The Hall–Kier alpha value is -3.36. The highest BCUT2D eigenvalue weighted by Crippen LogP contribution is 2.25. The van der Waals surface area contributed by atoms with Gasteiger partial charge in [0.15, 0.2) is 0 Å². The Bertz CT molecular complexity index is 1420. The van der Waals surface area contributed by atoms with E-state index >= 15 is 0 Å². The second kappa shape index (κ2) is 13.3. The summed E-state index contributed by atoms with van der Waals surface area (Å²) in [5.74, 6) is -0.849. The van der Waals surface area contributed by atoms with Crippen LogP contribution in [0.3, 0.4) is 0 Å². The van der Waals surface area contributed by atoms with Gasteiger partial charge in [0.1, 0.15) is 12.6 Å². The Morgan fingerprint density at radius 3 is 2.05 bits per heavy atom. The van der Waals surface area contributed by atoms with Gasteiger partial charge in [-0.3, -0.25) is 13.9 Å². The first-order chi connectivity index (χ1) is 18.8. The maximum absolute atomic E-state index is 14.2. The van der Waals surface area contributed by atoms with Gasteiger partial charge in [0.05, 0.1) is 11.9 Å². The molecule has 0 aliphatic rings. The summed E-state index contributed by atoms with van der Waals surface area (Å²) in [5.41, 5.74) is 2.20. The zero-order valence-corrected chi connectivity index (χ0v) is 25.3. The topological polar surface area (TPSA) is 86.8 Å². The number of carbonyl (C=O) groups is 2. The molecule has 0 saturated carbocycles. The first-order valence-corrected chi connectivity index (χ1v) is 15.5. The molecule has 0 heterocycles. The number of nitrogens with one attached hydrogen (secondary N) is 1. The fourth-order valence-electron chi connectivity index (χ4n) is 4.46. The third kappa shape index (κ3) is 8.57. The van der Waals surface area contributed by atoms with Gasteiger partial charge in [-0.2, -0.15) is 0 Å². The predicted octanol–water partition coefficient (Wildman–Crippen LogP) is 5.22. The summed E-state index contributed by atoms with van der Waals surface area (Å²) in [6, 6.07) is 22.7. The van der Waals surface area contributed by atoms with Crippen molar-refractivity contribution in [2.24, 2.45) is 0 Å². The van der Waals surface area contributed by atoms with Gasteiger partial charge in [0.25, 0.3) is 0 Å². The number of sulfonamides is 1. The molecule has 0 aromatic heterocycles. The molecule has 0 spiro atoms. The molecule has 1 unspecified atom stereocenters. The SMILES string of the molecule is CCc1ccccc1N(CC(=O)N(Cc1ccccc1Cl)C(Cc1ccccc1)C(=O)NC(C)(C)C)S(C)(=O)=O. The molecular formula is C31H38ClN3O4S. The van der Waals surface area contributed by atoms with Crippen LogP contribution >= 0.6 is 11.6 Å². The van der Waals surface area contributed by atoms with Gasteiger partial charge in [-0.15, -0.1) is 0 Å². The van der Waals surface area contributed by atoms with E-state index in [-0.39, 0.29) is 18.9 Å². The molecule has 0 radical (unpaired) electrons. The van der Waals surface area contributed by atoms with E-state index in [1.807, 2.05) is 76.2 Å². The second-order valence-corrected chi connectivity index (χ2v) is 13.1. The summed E-state index contributed by atoms with van der Waals surface area (Å²) in [6.07, 6.45) is 1.91. The predicted molar refractivity (Wildman–Crippen MR) is 162 cm³/mol. The van der Waals surface area contributed by atoms with Crippen molar-refractivity contribution >= 4 is 39.1 Å². The smallest absolute Gasteiger partial charge is 0.244 e. The van der Waals surface area contributed by atoms with Crippen LogP contribution in [0.4, 0.5) is 5.69 Å². The number of carbonyl (C=O) groups excluding carboxylic acids is 2. The average Bonchev–Trinajstić information content (AvgIpc) is 2.89. The molecule has 3 rings (SSSR count). The maximum atomic E-state index is 14.2. The van der Waals surface area contributed by atoms with Gasteiger partial charge in [-0.1, -0.05) is 85.3 Å². The lowest BCUT2D eigenvalue weighted by atomic mass is 10.0. The zero-order chi connectivity index (χ0) is 29.5. The van der Waals surface area contributed by atoms with Gasteiger partial charge in [-0.25, -0.2) is 8.42 Å². The van der Waals surface area contributed by atoms with Gasteiger partial charge >= 0.3 is 0 Å². The van der Waals surface area contributed by atoms with E-state index in [9.17, 15) is 18.0 Å². The molecule has 0 bridgehead atoms. The number of amides is 2. The molecule has 40 heavy (non-hydrogen) atoms. The standard InChI is InChI=1S/C31H38ClN3O4S/c1-6-24-16-11-13-19-27(24)35(40(5,38)39)22-29(36)34(21-25-17-10-12-18-26(25)32)28(30(37)33-31(2,3)4)20-23-14-8-7-9-15-23/h7-19,28H,6,20-22H2,1-5H3,(H,33,37). The summed E-state index contributed by atoms with van der Waals surface area (Å²) in [4.78, 5) is 29.4. The van der Waals surface area contributed by atoms with E-state index in [2.05, 4.69) is 5.32 Å². The van der Waals surface area contributed by atoms with Crippen LogP contribution < -0.4 is 9.62 Å². The second-order valence-electron chi connectivity index (χ2n) is 10.8. The van der Waals surface area contributed by atoms with Gasteiger partial charge in [0.2, 0.25) is 21.8 Å². The molecule has 9 heteroatoms. The van der Waals surface area contributed by atoms with E-state index in [0.29, 0.717) is 22.7 Å². The first-order valence-electron chi connectivity index (χ1n) is 13.2. The quantitative estimate of drug-likeness (QED) is 0.335. The summed E-state index contributed by atoms with van der Waals surface area (Å²) in [7, 11) is -3.83. The largest absolute Gasteiger partial charge is 0.350 e. The van der Waals surface area contributed by atoms with Crippen molar-refractivity contribution in [3.8, 4) is 0 Å². The molecule has 3 aromatic carbocycles. The summed E-state index contributed by atoms with van der Waals surface area (Å²) < 4.78 is 27.1. The number of nitrogens with zero attached hydrogens (tertiary/aromatic N) is 2. The molecular weight excluding hydrogens is 546 g/mol. The summed E-state index contributed by atoms with van der Waals surface area (Å²) >= 11 is 6.49. The number of hydrogen-bond donors (Lipinski definition) is 1. The van der Waals surface area contributed by atoms with Crippen LogP contribution in [0, 0.1) is 0 Å². The molecule has 2 amide bonds. The van der Waals surface area contributed by atoms with E-state index in [1.54, 1.807) is 30.3 Å². The number of benzene rings is 3. The lowest BCUT2D eigenvalue weighted by molar-refractivity contribution is -0.140. The Morgan fingerprint density at radius 1 is 0.900 bits per heavy atom. The molecule has 0 saturated heterocycles. The van der Waals surface area contributed by atoms with Crippen molar-refractivity contribution < 1.29 is 18.0 Å². The first kappa shape index (κ1) is 31.2. The number of para-hydroxylation sites is 1. The normalized spacial score (nSPS) is 12.4. The van der Waals surface area contributed by atoms with Crippen molar-refractivity contribution in [2.45, 2.75) is 58.7 Å². The molecule has 3 aromatic rings. The highest BCUT2D eigenvalue weighted by atomic mass is 35.5.